The van der Waals surface area contributed by atoms with E-state index in [1.165, 1.54) is 0 Å². The van der Waals surface area contributed by atoms with Crippen LogP contribution in [0.25, 0.3) is 0 Å². The zero-order valence-electron chi connectivity index (χ0n) is 10.8. The van der Waals surface area contributed by atoms with Crippen LogP contribution in [0.2, 0.25) is 10.0 Å². The van der Waals surface area contributed by atoms with E-state index in [-0.39, 0.29) is 17.9 Å². The van der Waals surface area contributed by atoms with Crippen molar-refractivity contribution >= 4 is 35.6 Å². The molecular weight excluding hydrogens is 301 g/mol. The van der Waals surface area contributed by atoms with E-state index in [1.807, 2.05) is 0 Å². The van der Waals surface area contributed by atoms with Crippen molar-refractivity contribution in [2.24, 2.45) is 5.92 Å². The highest BCUT2D eigenvalue weighted by Gasteiger charge is 2.28. The van der Waals surface area contributed by atoms with Crippen molar-refractivity contribution in [2.45, 2.75) is 25.4 Å². The summed E-state index contributed by atoms with van der Waals surface area (Å²) in [5, 5.41) is 3.85. The number of piperidine rings is 1. The van der Waals surface area contributed by atoms with Gasteiger partial charge in [0.05, 0.1) is 0 Å². The summed E-state index contributed by atoms with van der Waals surface area (Å²) in [6.07, 6.45) is 1.32. The zero-order valence-corrected chi connectivity index (χ0v) is 12.3. The van der Waals surface area contributed by atoms with Crippen LogP contribution in [0.5, 0.6) is 0 Å². The lowest BCUT2D eigenvalue weighted by atomic mass is 9.88. The maximum absolute atomic E-state index is 11.4. The number of nitrogens with one attached hydrogen (secondary N) is 1. The molecule has 2 unspecified atom stereocenters. The Bertz CT molecular complexity index is 487. The molecule has 0 aromatic heterocycles. The Balaban J connectivity index is 2.11. The van der Waals surface area contributed by atoms with Crippen molar-refractivity contribution in [3.63, 3.8) is 0 Å². The SMILES string of the molecule is O=COC(Cc1cc(Cl)cc(Cl)c1)C1CCNC(=O)C1. The summed E-state index contributed by atoms with van der Waals surface area (Å²) in [4.78, 5) is 22.1. The van der Waals surface area contributed by atoms with Crippen LogP contribution in [0.1, 0.15) is 18.4 Å². The number of carbonyl (C=O) groups is 2. The fourth-order valence-electron chi connectivity index (χ4n) is 2.49. The number of halogens is 2. The molecule has 1 fully saturated rings. The summed E-state index contributed by atoms with van der Waals surface area (Å²) in [5.41, 5.74) is 0.889. The molecule has 20 heavy (non-hydrogen) atoms. The highest BCUT2D eigenvalue weighted by atomic mass is 35.5. The number of amides is 1. The Labute approximate surface area is 127 Å². The van der Waals surface area contributed by atoms with Crippen molar-refractivity contribution in [1.29, 1.82) is 0 Å². The molecule has 1 amide bonds. The standard InChI is InChI=1S/C14H15Cl2NO3/c15-11-3-9(4-12(16)7-11)5-13(20-8-18)10-1-2-17-14(19)6-10/h3-4,7-8,10,13H,1-2,5-6H2,(H,17,19). The summed E-state index contributed by atoms with van der Waals surface area (Å²) in [6, 6.07) is 5.23. The van der Waals surface area contributed by atoms with E-state index < -0.39 is 0 Å². The molecule has 1 N–H and O–H groups in total. The zero-order chi connectivity index (χ0) is 14.5. The second kappa shape index (κ2) is 6.95. The Morgan fingerprint density at radius 2 is 2.05 bits per heavy atom. The Kier molecular flexibility index (Phi) is 5.26. The van der Waals surface area contributed by atoms with Gasteiger partial charge in [0.25, 0.3) is 6.47 Å². The molecule has 1 aliphatic rings. The summed E-state index contributed by atoms with van der Waals surface area (Å²) < 4.78 is 5.17. The van der Waals surface area contributed by atoms with E-state index in [0.717, 1.165) is 12.0 Å². The van der Waals surface area contributed by atoms with E-state index in [9.17, 15) is 9.59 Å². The van der Waals surface area contributed by atoms with Crippen LogP contribution in [0, 0.1) is 5.92 Å². The first-order chi connectivity index (χ1) is 9.58. The molecule has 1 saturated heterocycles. The van der Waals surface area contributed by atoms with Crippen molar-refractivity contribution in [1.82, 2.24) is 5.32 Å². The third-order valence-corrected chi connectivity index (χ3v) is 3.84. The second-order valence-electron chi connectivity index (χ2n) is 4.86. The topological polar surface area (TPSA) is 55.4 Å². The molecule has 1 aromatic carbocycles. The molecule has 0 bridgehead atoms. The van der Waals surface area contributed by atoms with Gasteiger partial charge in [-0.05, 0) is 30.2 Å². The van der Waals surface area contributed by atoms with Crippen LogP contribution < -0.4 is 5.32 Å². The predicted molar refractivity (Wildman–Crippen MR) is 76.8 cm³/mol. The average Bonchev–Trinajstić information content (AvgIpc) is 2.37. The monoisotopic (exact) mass is 315 g/mol. The number of rotatable bonds is 5. The molecule has 1 aromatic rings. The molecule has 4 nitrogen and oxygen atoms in total. The van der Waals surface area contributed by atoms with Gasteiger partial charge < -0.3 is 10.1 Å². The number of benzene rings is 1. The van der Waals surface area contributed by atoms with Crippen LogP contribution in [0.15, 0.2) is 18.2 Å². The highest BCUT2D eigenvalue weighted by Crippen LogP contribution is 2.25. The summed E-state index contributed by atoms with van der Waals surface area (Å²) >= 11 is 11.9. The molecule has 0 aliphatic carbocycles. The van der Waals surface area contributed by atoms with Gasteiger partial charge in [0.1, 0.15) is 6.10 Å². The van der Waals surface area contributed by atoms with Gasteiger partial charge in [-0.3, -0.25) is 9.59 Å². The summed E-state index contributed by atoms with van der Waals surface area (Å²) in [5.74, 6) is 0.0107. The van der Waals surface area contributed by atoms with Gasteiger partial charge in [-0.2, -0.15) is 0 Å². The van der Waals surface area contributed by atoms with Crippen molar-refractivity contribution in [3.05, 3.63) is 33.8 Å². The molecule has 0 saturated carbocycles. The second-order valence-corrected chi connectivity index (χ2v) is 5.73. The van der Waals surface area contributed by atoms with Gasteiger partial charge in [0.2, 0.25) is 5.91 Å². The van der Waals surface area contributed by atoms with Gasteiger partial charge in [-0.1, -0.05) is 23.2 Å². The lowest BCUT2D eigenvalue weighted by Gasteiger charge is -2.28. The van der Waals surface area contributed by atoms with Crippen molar-refractivity contribution < 1.29 is 14.3 Å². The molecule has 2 atom stereocenters. The first-order valence-corrected chi connectivity index (χ1v) is 7.15. The fraction of sp³-hybridized carbons (Fsp3) is 0.429. The Morgan fingerprint density at radius 3 is 2.65 bits per heavy atom. The van der Waals surface area contributed by atoms with Crippen LogP contribution in [-0.4, -0.2) is 25.0 Å². The third kappa shape index (κ3) is 4.12. The minimum Gasteiger partial charge on any atom is -0.464 e. The number of ether oxygens (including phenoxy) is 1. The van der Waals surface area contributed by atoms with Crippen LogP contribution in [0.4, 0.5) is 0 Å². The number of hydrogen-bond donors (Lipinski definition) is 1. The van der Waals surface area contributed by atoms with Crippen molar-refractivity contribution in [2.75, 3.05) is 6.54 Å². The lowest BCUT2D eigenvalue weighted by molar-refractivity contribution is -0.139. The Morgan fingerprint density at radius 1 is 1.35 bits per heavy atom. The van der Waals surface area contributed by atoms with E-state index in [2.05, 4.69) is 5.32 Å². The van der Waals surface area contributed by atoms with E-state index in [1.54, 1.807) is 18.2 Å². The maximum Gasteiger partial charge on any atom is 0.293 e. The maximum atomic E-state index is 11.4. The number of hydrogen-bond acceptors (Lipinski definition) is 3. The predicted octanol–water partition coefficient (Wildman–Crippen LogP) is 2.60. The normalized spacial score (nSPS) is 20.1. The first-order valence-electron chi connectivity index (χ1n) is 6.39. The van der Waals surface area contributed by atoms with Crippen LogP contribution >= 0.6 is 23.2 Å². The smallest absolute Gasteiger partial charge is 0.293 e. The van der Waals surface area contributed by atoms with Gasteiger partial charge in [0.15, 0.2) is 0 Å². The average molecular weight is 316 g/mol. The molecule has 0 radical (unpaired) electrons. The van der Waals surface area contributed by atoms with Gasteiger partial charge >= 0.3 is 0 Å². The quantitative estimate of drug-likeness (QED) is 0.850. The van der Waals surface area contributed by atoms with Gasteiger partial charge in [-0.25, -0.2) is 0 Å². The third-order valence-electron chi connectivity index (χ3n) is 3.40. The summed E-state index contributed by atoms with van der Waals surface area (Å²) in [6.45, 7) is 1.04. The molecule has 1 heterocycles. The molecular formula is C14H15Cl2NO3. The first kappa shape index (κ1) is 15.1. The minimum atomic E-state index is -0.340. The number of carbonyl (C=O) groups excluding carboxylic acids is 2. The van der Waals surface area contributed by atoms with Gasteiger partial charge in [-0.15, -0.1) is 0 Å². The highest BCUT2D eigenvalue weighted by molar-refractivity contribution is 6.34. The van der Waals surface area contributed by atoms with E-state index in [0.29, 0.717) is 35.9 Å². The molecule has 6 heteroatoms. The summed E-state index contributed by atoms with van der Waals surface area (Å²) in [7, 11) is 0. The lowest BCUT2D eigenvalue weighted by Crippen LogP contribution is -2.39. The Hall–Kier alpha value is -1.26. The van der Waals surface area contributed by atoms with Crippen LogP contribution in [-0.2, 0) is 20.7 Å². The molecule has 108 valence electrons. The molecule has 1 aliphatic heterocycles. The molecule has 2 rings (SSSR count). The largest absolute Gasteiger partial charge is 0.464 e. The van der Waals surface area contributed by atoms with Gasteiger partial charge in [0, 0.05) is 35.3 Å². The molecule has 0 spiro atoms. The fourth-order valence-corrected chi connectivity index (χ4v) is 3.06. The van der Waals surface area contributed by atoms with E-state index in [4.69, 9.17) is 27.9 Å². The minimum absolute atomic E-state index is 0.00937. The van der Waals surface area contributed by atoms with E-state index >= 15 is 0 Å². The van der Waals surface area contributed by atoms with Crippen LogP contribution in [0.3, 0.4) is 0 Å². The van der Waals surface area contributed by atoms with Crippen molar-refractivity contribution in [3.8, 4) is 0 Å².